The fraction of sp³-hybridized carbons (Fsp3) is 0.455. The summed E-state index contributed by atoms with van der Waals surface area (Å²) in [5, 5.41) is 17.5. The molecule has 0 bridgehead atoms. The fourth-order valence-corrected chi connectivity index (χ4v) is 4.24. The van der Waals surface area contributed by atoms with Gasteiger partial charge in [0.2, 0.25) is 5.65 Å². The third-order valence-electron chi connectivity index (χ3n) is 3.28. The highest BCUT2D eigenvalue weighted by atomic mass is 32.2. The molecule has 1 saturated heterocycles. The van der Waals surface area contributed by atoms with Crippen molar-refractivity contribution < 1.29 is 13.5 Å². The second-order valence-corrected chi connectivity index (χ2v) is 6.91. The summed E-state index contributed by atoms with van der Waals surface area (Å²) in [7, 11) is -2.87. The Balaban J connectivity index is 1.90. The van der Waals surface area contributed by atoms with Crippen LogP contribution in [0.3, 0.4) is 0 Å². The number of sulfone groups is 1. The van der Waals surface area contributed by atoms with E-state index in [0.717, 1.165) is 0 Å². The topological polar surface area (TPSA) is 84.6 Å². The first-order valence-corrected chi connectivity index (χ1v) is 7.59. The van der Waals surface area contributed by atoms with Gasteiger partial charge in [-0.15, -0.1) is 10.2 Å². The lowest BCUT2D eigenvalue weighted by Crippen LogP contribution is -2.09. The van der Waals surface area contributed by atoms with Crippen LogP contribution in [0.4, 0.5) is 0 Å². The largest absolute Gasteiger partial charge is 0.504 e. The van der Waals surface area contributed by atoms with Gasteiger partial charge in [-0.2, -0.15) is 0 Å². The van der Waals surface area contributed by atoms with Gasteiger partial charge in [-0.3, -0.25) is 4.40 Å². The standard InChI is InChI=1S/C11H13N3O3S/c15-9-2-1-4-14-10(12-13-11(9)14)6-8-3-5-18(16,17)7-8/h1-2,4,8,15H,3,5-7H2. The van der Waals surface area contributed by atoms with Gasteiger partial charge in [0.1, 0.15) is 5.82 Å². The van der Waals surface area contributed by atoms with Crippen LogP contribution in [0.15, 0.2) is 18.3 Å². The van der Waals surface area contributed by atoms with Crippen LogP contribution in [0.2, 0.25) is 0 Å². The Bertz CT molecular complexity index is 693. The average molecular weight is 267 g/mol. The minimum Gasteiger partial charge on any atom is -0.504 e. The van der Waals surface area contributed by atoms with Crippen molar-refractivity contribution in [2.45, 2.75) is 12.8 Å². The van der Waals surface area contributed by atoms with Crippen LogP contribution in [-0.4, -0.2) is 39.6 Å². The average Bonchev–Trinajstić information content (AvgIpc) is 2.85. The molecule has 3 heterocycles. The summed E-state index contributed by atoms with van der Waals surface area (Å²) in [4.78, 5) is 0. The number of hydrogen-bond donors (Lipinski definition) is 1. The summed E-state index contributed by atoms with van der Waals surface area (Å²) in [6.45, 7) is 0. The second-order valence-electron chi connectivity index (χ2n) is 4.68. The van der Waals surface area contributed by atoms with Gasteiger partial charge in [0.15, 0.2) is 15.6 Å². The summed E-state index contributed by atoms with van der Waals surface area (Å²) in [6.07, 6.45) is 3.02. The molecule has 1 aliphatic heterocycles. The van der Waals surface area contributed by atoms with Crippen LogP contribution >= 0.6 is 0 Å². The highest BCUT2D eigenvalue weighted by Gasteiger charge is 2.29. The third kappa shape index (κ3) is 1.94. The Labute approximate surface area is 104 Å². The predicted octanol–water partition coefficient (Wildman–Crippen LogP) is 0.412. The molecule has 2 aromatic rings. The molecule has 1 aliphatic rings. The van der Waals surface area contributed by atoms with E-state index in [2.05, 4.69) is 10.2 Å². The molecule has 1 fully saturated rings. The van der Waals surface area contributed by atoms with Crippen molar-refractivity contribution in [1.29, 1.82) is 0 Å². The van der Waals surface area contributed by atoms with Crippen molar-refractivity contribution in [3.05, 3.63) is 24.2 Å². The molecule has 6 nitrogen and oxygen atoms in total. The van der Waals surface area contributed by atoms with Crippen LogP contribution in [-0.2, 0) is 16.3 Å². The molecule has 3 rings (SSSR count). The van der Waals surface area contributed by atoms with Gasteiger partial charge in [0.25, 0.3) is 0 Å². The number of pyridine rings is 1. The number of aromatic nitrogens is 3. The zero-order valence-electron chi connectivity index (χ0n) is 9.65. The van der Waals surface area contributed by atoms with Crippen LogP contribution in [0.1, 0.15) is 12.2 Å². The van der Waals surface area contributed by atoms with E-state index >= 15 is 0 Å². The molecule has 1 unspecified atom stereocenters. The number of hydrogen-bond acceptors (Lipinski definition) is 5. The molecular formula is C11H13N3O3S. The normalized spacial score (nSPS) is 22.6. The predicted molar refractivity (Wildman–Crippen MR) is 65.1 cm³/mol. The minimum absolute atomic E-state index is 0.0790. The van der Waals surface area contributed by atoms with Gasteiger partial charge in [0, 0.05) is 12.6 Å². The Morgan fingerprint density at radius 3 is 3.00 bits per heavy atom. The van der Waals surface area contributed by atoms with Crippen molar-refractivity contribution in [2.24, 2.45) is 5.92 Å². The first-order valence-electron chi connectivity index (χ1n) is 5.77. The highest BCUT2D eigenvalue weighted by molar-refractivity contribution is 7.91. The molecule has 0 aliphatic carbocycles. The van der Waals surface area contributed by atoms with Crippen molar-refractivity contribution in [2.75, 3.05) is 11.5 Å². The molecule has 2 aromatic heterocycles. The Morgan fingerprint density at radius 2 is 2.28 bits per heavy atom. The van der Waals surface area contributed by atoms with Crippen LogP contribution in [0.5, 0.6) is 5.75 Å². The molecule has 0 amide bonds. The lowest BCUT2D eigenvalue weighted by Gasteiger charge is -2.05. The Morgan fingerprint density at radius 1 is 1.44 bits per heavy atom. The van der Waals surface area contributed by atoms with E-state index < -0.39 is 9.84 Å². The van der Waals surface area contributed by atoms with E-state index in [0.29, 0.717) is 24.3 Å². The maximum Gasteiger partial charge on any atom is 0.203 e. The van der Waals surface area contributed by atoms with Gasteiger partial charge in [0.05, 0.1) is 11.5 Å². The molecule has 0 aromatic carbocycles. The van der Waals surface area contributed by atoms with E-state index in [-0.39, 0.29) is 23.2 Å². The molecule has 96 valence electrons. The number of nitrogens with zero attached hydrogens (tertiary/aromatic N) is 3. The maximum absolute atomic E-state index is 11.4. The number of rotatable bonds is 2. The fourth-order valence-electron chi connectivity index (χ4n) is 2.38. The lowest BCUT2D eigenvalue weighted by molar-refractivity contribution is 0.477. The van der Waals surface area contributed by atoms with Crippen molar-refractivity contribution in [3.63, 3.8) is 0 Å². The van der Waals surface area contributed by atoms with E-state index in [9.17, 15) is 13.5 Å². The van der Waals surface area contributed by atoms with Crippen molar-refractivity contribution in [3.8, 4) is 5.75 Å². The van der Waals surface area contributed by atoms with E-state index in [1.54, 1.807) is 22.7 Å². The van der Waals surface area contributed by atoms with Gasteiger partial charge in [-0.1, -0.05) is 0 Å². The van der Waals surface area contributed by atoms with E-state index in [1.165, 1.54) is 0 Å². The van der Waals surface area contributed by atoms with Crippen molar-refractivity contribution in [1.82, 2.24) is 14.6 Å². The third-order valence-corrected chi connectivity index (χ3v) is 5.12. The van der Waals surface area contributed by atoms with Gasteiger partial charge < -0.3 is 5.11 Å². The van der Waals surface area contributed by atoms with Crippen molar-refractivity contribution >= 4 is 15.5 Å². The molecule has 1 atom stereocenters. The van der Waals surface area contributed by atoms with Gasteiger partial charge >= 0.3 is 0 Å². The van der Waals surface area contributed by atoms with Gasteiger partial charge in [-0.25, -0.2) is 8.42 Å². The van der Waals surface area contributed by atoms with Crippen LogP contribution in [0.25, 0.3) is 5.65 Å². The molecule has 7 heteroatoms. The first kappa shape index (κ1) is 11.5. The first-order chi connectivity index (χ1) is 8.55. The summed E-state index contributed by atoms with van der Waals surface area (Å²) < 4.78 is 24.5. The summed E-state index contributed by atoms with van der Waals surface area (Å²) in [5.74, 6) is 1.36. The van der Waals surface area contributed by atoms with E-state index in [1.807, 2.05) is 0 Å². The second kappa shape index (κ2) is 3.94. The molecular weight excluding hydrogens is 254 g/mol. The zero-order valence-corrected chi connectivity index (χ0v) is 10.5. The Hall–Kier alpha value is -1.63. The number of aromatic hydroxyl groups is 1. The molecule has 18 heavy (non-hydrogen) atoms. The van der Waals surface area contributed by atoms with Gasteiger partial charge in [-0.05, 0) is 24.5 Å². The molecule has 0 saturated carbocycles. The quantitative estimate of drug-likeness (QED) is 0.852. The summed E-state index contributed by atoms with van der Waals surface area (Å²) in [5.41, 5.74) is 0.411. The lowest BCUT2D eigenvalue weighted by atomic mass is 10.1. The van der Waals surface area contributed by atoms with Crippen LogP contribution < -0.4 is 0 Å². The molecule has 0 radical (unpaired) electrons. The monoisotopic (exact) mass is 267 g/mol. The molecule has 0 spiro atoms. The SMILES string of the molecule is O=S1(=O)CCC(Cc2nnc3c(O)cccn23)C1. The number of fused-ring (bicyclic) bond motifs is 1. The summed E-state index contributed by atoms with van der Waals surface area (Å²) in [6, 6.07) is 3.26. The zero-order chi connectivity index (χ0) is 12.8. The molecule has 1 N–H and O–H groups in total. The minimum atomic E-state index is -2.87. The van der Waals surface area contributed by atoms with Crippen LogP contribution in [0, 0.1) is 5.92 Å². The smallest absolute Gasteiger partial charge is 0.203 e. The highest BCUT2D eigenvalue weighted by Crippen LogP contribution is 2.23. The Kier molecular flexibility index (Phi) is 2.51. The summed E-state index contributed by atoms with van der Waals surface area (Å²) >= 11 is 0. The van der Waals surface area contributed by atoms with E-state index in [4.69, 9.17) is 0 Å². The maximum atomic E-state index is 11.4.